The Kier molecular flexibility index (Phi) is 5.04. The van der Waals surface area contributed by atoms with Gasteiger partial charge in [-0.05, 0) is 19.3 Å². The van der Waals surface area contributed by atoms with Crippen molar-refractivity contribution >= 4 is 27.9 Å². The molecule has 0 radical (unpaired) electrons. The van der Waals surface area contributed by atoms with Crippen molar-refractivity contribution in [2.75, 3.05) is 30.3 Å². The zero-order chi connectivity index (χ0) is 15.4. The summed E-state index contributed by atoms with van der Waals surface area (Å²) < 4.78 is 0. The van der Waals surface area contributed by atoms with Gasteiger partial charge in [-0.25, -0.2) is 0 Å². The first-order chi connectivity index (χ1) is 10.1. The Morgan fingerprint density at radius 3 is 3.05 bits per heavy atom. The summed E-state index contributed by atoms with van der Waals surface area (Å²) in [5.74, 6) is -0.236. The fourth-order valence-corrected chi connectivity index (χ4v) is 3.51. The lowest BCUT2D eigenvalue weighted by Crippen LogP contribution is -2.38. The number of aliphatic hydroxyl groups is 1. The Balaban J connectivity index is 2.30. The third-order valence-electron chi connectivity index (χ3n) is 3.46. The van der Waals surface area contributed by atoms with Crippen molar-refractivity contribution < 1.29 is 9.90 Å². The van der Waals surface area contributed by atoms with Crippen molar-refractivity contribution in [3.8, 4) is 6.07 Å². The number of aliphatic hydroxyl groups excluding tert-OH is 1. The van der Waals surface area contributed by atoms with Crippen LogP contribution in [0.2, 0.25) is 0 Å². The number of thiophene rings is 1. The van der Waals surface area contributed by atoms with E-state index in [9.17, 15) is 15.2 Å². The Bertz CT molecular complexity index is 564. The van der Waals surface area contributed by atoms with Gasteiger partial charge in [0.05, 0.1) is 11.8 Å². The molecule has 1 saturated heterocycles. The van der Waals surface area contributed by atoms with Crippen molar-refractivity contribution in [2.24, 2.45) is 0 Å². The van der Waals surface area contributed by atoms with Crippen LogP contribution in [-0.4, -0.2) is 36.8 Å². The van der Waals surface area contributed by atoms with E-state index in [2.05, 4.69) is 11.4 Å². The number of anilines is 2. The SMILES string of the molecule is CCCNC(=O)c1sc(N2CCCC(O)C2)c(C#N)c1N. The van der Waals surface area contributed by atoms with Gasteiger partial charge in [0.2, 0.25) is 0 Å². The van der Waals surface area contributed by atoms with Crippen LogP contribution >= 0.6 is 11.3 Å². The third kappa shape index (κ3) is 3.28. The molecule has 1 aromatic rings. The predicted molar refractivity (Wildman–Crippen MR) is 83.5 cm³/mol. The van der Waals surface area contributed by atoms with Crippen LogP contribution in [0.4, 0.5) is 10.7 Å². The number of hydrogen-bond acceptors (Lipinski definition) is 6. The number of nitriles is 1. The second-order valence-corrected chi connectivity index (χ2v) is 6.13. The zero-order valence-electron chi connectivity index (χ0n) is 12.1. The van der Waals surface area contributed by atoms with E-state index in [4.69, 9.17) is 5.73 Å². The molecule has 1 amide bonds. The van der Waals surface area contributed by atoms with E-state index < -0.39 is 6.10 Å². The molecular weight excluding hydrogens is 288 g/mol. The van der Waals surface area contributed by atoms with Crippen LogP contribution in [-0.2, 0) is 0 Å². The highest BCUT2D eigenvalue weighted by Gasteiger charge is 2.27. The lowest BCUT2D eigenvalue weighted by atomic mass is 10.1. The van der Waals surface area contributed by atoms with E-state index in [1.165, 1.54) is 11.3 Å². The molecule has 1 fully saturated rings. The molecule has 2 rings (SSSR count). The number of nitrogens with zero attached hydrogens (tertiary/aromatic N) is 2. The molecule has 0 aromatic carbocycles. The van der Waals surface area contributed by atoms with Gasteiger partial charge in [0, 0.05) is 19.6 Å². The maximum atomic E-state index is 12.1. The monoisotopic (exact) mass is 308 g/mol. The smallest absolute Gasteiger partial charge is 0.263 e. The standard InChI is InChI=1S/C14H20N4O2S/c1-2-5-17-13(20)12-11(16)10(7-15)14(21-12)18-6-3-4-9(19)8-18/h9,19H,2-6,8,16H2,1H3,(H,17,20). The second kappa shape index (κ2) is 6.78. The average molecular weight is 308 g/mol. The first kappa shape index (κ1) is 15.6. The van der Waals surface area contributed by atoms with Crippen LogP contribution in [0.3, 0.4) is 0 Å². The van der Waals surface area contributed by atoms with Crippen LogP contribution in [0.5, 0.6) is 0 Å². The largest absolute Gasteiger partial charge is 0.396 e. The Hall–Kier alpha value is -1.78. The van der Waals surface area contributed by atoms with Crippen LogP contribution in [0.15, 0.2) is 0 Å². The van der Waals surface area contributed by atoms with E-state index in [1.807, 2.05) is 11.8 Å². The summed E-state index contributed by atoms with van der Waals surface area (Å²) >= 11 is 1.23. The van der Waals surface area contributed by atoms with Crippen molar-refractivity contribution in [1.29, 1.82) is 5.26 Å². The number of hydrogen-bond donors (Lipinski definition) is 3. The number of nitrogens with two attached hydrogens (primary N) is 1. The lowest BCUT2D eigenvalue weighted by Gasteiger charge is -2.30. The highest BCUT2D eigenvalue weighted by molar-refractivity contribution is 7.19. The maximum Gasteiger partial charge on any atom is 0.263 e. The molecule has 21 heavy (non-hydrogen) atoms. The van der Waals surface area contributed by atoms with Crippen LogP contribution in [0.25, 0.3) is 0 Å². The molecule has 6 nitrogen and oxygen atoms in total. The second-order valence-electron chi connectivity index (χ2n) is 5.13. The maximum absolute atomic E-state index is 12.1. The minimum atomic E-state index is -0.397. The quantitative estimate of drug-likeness (QED) is 0.778. The van der Waals surface area contributed by atoms with Gasteiger partial charge in [0.15, 0.2) is 0 Å². The summed E-state index contributed by atoms with van der Waals surface area (Å²) in [5, 5.41) is 22.6. The molecular formula is C14H20N4O2S. The molecule has 1 atom stereocenters. The highest BCUT2D eigenvalue weighted by atomic mass is 32.1. The van der Waals surface area contributed by atoms with E-state index in [0.717, 1.165) is 25.8 Å². The highest BCUT2D eigenvalue weighted by Crippen LogP contribution is 2.38. The van der Waals surface area contributed by atoms with Gasteiger partial charge in [-0.15, -0.1) is 11.3 Å². The molecule has 0 bridgehead atoms. The van der Waals surface area contributed by atoms with Crippen molar-refractivity contribution in [3.05, 3.63) is 10.4 Å². The van der Waals surface area contributed by atoms with E-state index in [0.29, 0.717) is 28.5 Å². The lowest BCUT2D eigenvalue weighted by molar-refractivity contribution is 0.0958. The first-order valence-corrected chi connectivity index (χ1v) is 7.93. The van der Waals surface area contributed by atoms with Crippen molar-refractivity contribution in [2.45, 2.75) is 32.3 Å². The number of nitrogen functional groups attached to an aromatic ring is 1. The van der Waals surface area contributed by atoms with Gasteiger partial charge in [-0.3, -0.25) is 4.79 Å². The molecule has 1 aromatic heterocycles. The Labute approximate surface area is 128 Å². The molecule has 1 unspecified atom stereocenters. The van der Waals surface area contributed by atoms with E-state index in [1.54, 1.807) is 0 Å². The van der Waals surface area contributed by atoms with Crippen molar-refractivity contribution in [1.82, 2.24) is 5.32 Å². The molecule has 1 aliphatic heterocycles. The third-order valence-corrected chi connectivity index (χ3v) is 4.73. The number of nitrogens with one attached hydrogen (secondary N) is 1. The van der Waals surface area contributed by atoms with Gasteiger partial charge < -0.3 is 21.1 Å². The van der Waals surface area contributed by atoms with Crippen LogP contribution in [0, 0.1) is 11.3 Å². The average Bonchev–Trinajstić information content (AvgIpc) is 2.81. The molecule has 0 aliphatic carbocycles. The van der Waals surface area contributed by atoms with Crippen molar-refractivity contribution in [3.63, 3.8) is 0 Å². The minimum Gasteiger partial charge on any atom is -0.396 e. The van der Waals surface area contributed by atoms with Gasteiger partial charge in [-0.2, -0.15) is 5.26 Å². The molecule has 7 heteroatoms. The van der Waals surface area contributed by atoms with E-state index in [-0.39, 0.29) is 11.6 Å². The summed E-state index contributed by atoms with van der Waals surface area (Å²) in [6.45, 7) is 3.79. The molecule has 0 saturated carbocycles. The summed E-state index contributed by atoms with van der Waals surface area (Å²) in [6.07, 6.45) is 2.07. The van der Waals surface area contributed by atoms with Gasteiger partial charge in [0.1, 0.15) is 21.5 Å². The normalized spacial score (nSPS) is 18.3. The van der Waals surface area contributed by atoms with Gasteiger partial charge in [-0.1, -0.05) is 6.92 Å². The number of piperidine rings is 1. The van der Waals surface area contributed by atoms with E-state index >= 15 is 0 Å². The van der Waals surface area contributed by atoms with Crippen LogP contribution < -0.4 is 16.0 Å². The Morgan fingerprint density at radius 2 is 2.43 bits per heavy atom. The number of rotatable bonds is 4. The number of amides is 1. The molecule has 4 N–H and O–H groups in total. The predicted octanol–water partition coefficient (Wildman–Crippen LogP) is 1.30. The number of β-amino-alcohol motifs (C(OH)–C–C–N with tert-alkyl or cyclic N) is 1. The topological polar surface area (TPSA) is 102 Å². The molecule has 2 heterocycles. The number of carbonyl (C=O) groups excluding carboxylic acids is 1. The summed E-state index contributed by atoms with van der Waals surface area (Å²) in [6, 6.07) is 2.09. The molecule has 0 spiro atoms. The molecule has 1 aliphatic rings. The number of carbonyl (C=O) groups is 1. The summed E-state index contributed by atoms with van der Waals surface area (Å²) in [7, 11) is 0. The fraction of sp³-hybridized carbons (Fsp3) is 0.571. The van der Waals surface area contributed by atoms with Gasteiger partial charge in [0.25, 0.3) is 5.91 Å². The van der Waals surface area contributed by atoms with Crippen LogP contribution in [0.1, 0.15) is 41.4 Å². The first-order valence-electron chi connectivity index (χ1n) is 7.12. The zero-order valence-corrected chi connectivity index (χ0v) is 12.9. The van der Waals surface area contributed by atoms with Gasteiger partial charge >= 0.3 is 0 Å². The molecule has 114 valence electrons. The summed E-state index contributed by atoms with van der Waals surface area (Å²) in [5.41, 5.74) is 6.55. The fourth-order valence-electron chi connectivity index (χ4n) is 2.39. The Morgan fingerprint density at radius 1 is 1.67 bits per heavy atom. The summed E-state index contributed by atoms with van der Waals surface area (Å²) in [4.78, 5) is 14.4. The minimum absolute atomic E-state index is 0.236.